The van der Waals surface area contributed by atoms with Crippen LogP contribution in [-0.2, 0) is 0 Å². The molecule has 3 N–H and O–H groups in total. The molecule has 1 aliphatic rings. The van der Waals surface area contributed by atoms with Crippen molar-refractivity contribution in [2.24, 2.45) is 0 Å². The van der Waals surface area contributed by atoms with Crippen molar-refractivity contribution in [1.29, 1.82) is 0 Å². The fourth-order valence-electron chi connectivity index (χ4n) is 2.07. The fourth-order valence-corrected chi connectivity index (χ4v) is 2.07. The fraction of sp³-hybridized carbons (Fsp3) is 0.500. The highest BCUT2D eigenvalue weighted by Crippen LogP contribution is 2.13. The van der Waals surface area contributed by atoms with E-state index in [0.29, 0.717) is 6.61 Å². The number of aliphatic hydroxyl groups is 1. The van der Waals surface area contributed by atoms with Crippen molar-refractivity contribution in [3.63, 3.8) is 0 Å². The molecule has 0 aromatic carbocycles. The molecule has 0 radical (unpaired) electrons. The number of aliphatic hydroxyl groups excluding tert-OH is 1. The highest BCUT2D eigenvalue weighted by molar-refractivity contribution is 5.63. The summed E-state index contributed by atoms with van der Waals surface area (Å²) in [5, 5.41) is 10.8. The van der Waals surface area contributed by atoms with Crippen LogP contribution in [0.5, 0.6) is 0 Å². The van der Waals surface area contributed by atoms with Gasteiger partial charge >= 0.3 is 0 Å². The Hall–Kier alpha value is -1.59. The van der Waals surface area contributed by atoms with Gasteiger partial charge in [0.15, 0.2) is 0 Å². The lowest BCUT2D eigenvalue weighted by Gasteiger charge is -2.14. The quantitative estimate of drug-likeness (QED) is 0.622. The second kappa shape index (κ2) is 7.76. The van der Waals surface area contributed by atoms with E-state index < -0.39 is 0 Å². The summed E-state index contributed by atoms with van der Waals surface area (Å²) in [6.45, 7) is 1.30. The third kappa shape index (κ3) is 4.54. The van der Waals surface area contributed by atoms with Crippen molar-refractivity contribution >= 4 is 5.70 Å². The van der Waals surface area contributed by atoms with Gasteiger partial charge in [-0.2, -0.15) is 0 Å². The van der Waals surface area contributed by atoms with E-state index in [2.05, 4.69) is 27.2 Å². The van der Waals surface area contributed by atoms with Crippen LogP contribution >= 0.6 is 0 Å². The van der Waals surface area contributed by atoms with Gasteiger partial charge in [0, 0.05) is 37.3 Å². The van der Waals surface area contributed by atoms with E-state index in [1.807, 2.05) is 18.3 Å². The van der Waals surface area contributed by atoms with Crippen molar-refractivity contribution in [2.45, 2.75) is 32.1 Å². The Morgan fingerprint density at radius 2 is 2.00 bits per heavy atom. The van der Waals surface area contributed by atoms with Gasteiger partial charge in [-0.15, -0.1) is 5.53 Å². The summed E-state index contributed by atoms with van der Waals surface area (Å²) in [5.74, 6) is 0. The third-order valence-electron chi connectivity index (χ3n) is 3.15. The number of nitrogens with zero attached hydrogens (tertiary/aromatic N) is 2. The number of aromatic nitrogens is 1. The van der Waals surface area contributed by atoms with Crippen molar-refractivity contribution in [1.82, 2.24) is 21.0 Å². The largest absolute Gasteiger partial charge is 0.396 e. The van der Waals surface area contributed by atoms with Gasteiger partial charge in [-0.25, -0.2) is 0 Å². The minimum atomic E-state index is 0.314. The number of hydrogen-bond donors (Lipinski definition) is 3. The molecule has 0 saturated carbocycles. The van der Waals surface area contributed by atoms with Crippen LogP contribution in [-0.4, -0.2) is 28.3 Å². The molecule has 1 aromatic heterocycles. The molecule has 0 bridgehead atoms. The molecule has 0 amide bonds. The van der Waals surface area contributed by atoms with Crippen LogP contribution in [0.4, 0.5) is 0 Å². The van der Waals surface area contributed by atoms with E-state index in [4.69, 9.17) is 5.11 Å². The van der Waals surface area contributed by atoms with Crippen molar-refractivity contribution in [2.75, 3.05) is 13.2 Å². The first-order valence-corrected chi connectivity index (χ1v) is 6.91. The molecular formula is C14H22N4O. The second-order valence-electron chi connectivity index (χ2n) is 4.71. The Morgan fingerprint density at radius 3 is 2.79 bits per heavy atom. The van der Waals surface area contributed by atoms with Crippen LogP contribution < -0.4 is 11.0 Å². The number of nitrogens with one attached hydrogen (secondary N) is 2. The van der Waals surface area contributed by atoms with Crippen LogP contribution in [0.15, 0.2) is 30.7 Å². The SMILES string of the molecule is OCCCCCCCN1C=C(c2cccnc2)NN1. The maximum Gasteiger partial charge on any atom is 0.0767 e. The highest BCUT2D eigenvalue weighted by atomic mass is 16.2. The van der Waals surface area contributed by atoms with Gasteiger partial charge in [-0.05, 0) is 25.0 Å². The van der Waals surface area contributed by atoms with Crippen LogP contribution in [0, 0.1) is 0 Å². The summed E-state index contributed by atoms with van der Waals surface area (Å²) in [5.41, 5.74) is 8.41. The van der Waals surface area contributed by atoms with Gasteiger partial charge in [0.1, 0.15) is 0 Å². The molecule has 5 nitrogen and oxygen atoms in total. The number of rotatable bonds is 8. The molecule has 0 saturated heterocycles. The summed E-state index contributed by atoms with van der Waals surface area (Å²) in [4.78, 5) is 4.11. The summed E-state index contributed by atoms with van der Waals surface area (Å²) in [6.07, 6.45) is 11.3. The van der Waals surface area contributed by atoms with E-state index >= 15 is 0 Å². The molecule has 5 heteroatoms. The molecule has 0 fully saturated rings. The molecule has 104 valence electrons. The van der Waals surface area contributed by atoms with Crippen LogP contribution in [0.3, 0.4) is 0 Å². The second-order valence-corrected chi connectivity index (χ2v) is 4.71. The van der Waals surface area contributed by atoms with Gasteiger partial charge in [0.2, 0.25) is 0 Å². The number of unbranched alkanes of at least 4 members (excludes halogenated alkanes) is 4. The van der Waals surface area contributed by atoms with Crippen LogP contribution in [0.1, 0.15) is 37.7 Å². The Kier molecular flexibility index (Phi) is 5.65. The van der Waals surface area contributed by atoms with Gasteiger partial charge in [-0.1, -0.05) is 19.3 Å². The minimum Gasteiger partial charge on any atom is -0.396 e. The van der Waals surface area contributed by atoms with Gasteiger partial charge < -0.3 is 10.5 Å². The predicted molar refractivity (Wildman–Crippen MR) is 75.4 cm³/mol. The Labute approximate surface area is 114 Å². The number of hydrogen-bond acceptors (Lipinski definition) is 5. The van der Waals surface area contributed by atoms with E-state index in [1.165, 1.54) is 12.8 Å². The Morgan fingerprint density at radius 1 is 1.16 bits per heavy atom. The Balaban J connectivity index is 1.68. The molecule has 2 heterocycles. The molecule has 0 spiro atoms. The highest BCUT2D eigenvalue weighted by Gasteiger charge is 2.11. The lowest BCUT2D eigenvalue weighted by Crippen LogP contribution is -2.36. The van der Waals surface area contributed by atoms with E-state index in [1.54, 1.807) is 6.20 Å². The molecule has 19 heavy (non-hydrogen) atoms. The summed E-state index contributed by atoms with van der Waals surface area (Å²) < 4.78 is 0. The molecular weight excluding hydrogens is 240 g/mol. The average molecular weight is 262 g/mol. The predicted octanol–water partition coefficient (Wildman–Crippen LogP) is 1.65. The van der Waals surface area contributed by atoms with Crippen LogP contribution in [0.25, 0.3) is 5.70 Å². The molecule has 0 unspecified atom stereocenters. The lowest BCUT2D eigenvalue weighted by molar-refractivity contribution is 0.262. The molecule has 2 rings (SSSR count). The number of pyridine rings is 1. The summed E-state index contributed by atoms with van der Waals surface area (Å²) in [6, 6.07) is 3.97. The number of hydrazine groups is 2. The standard InChI is InChI=1S/C14H22N4O/c19-10-5-3-1-2-4-9-18-12-14(16-17-18)13-7-6-8-15-11-13/h6-8,11-12,16-17,19H,1-5,9-10H2. The first-order valence-electron chi connectivity index (χ1n) is 6.91. The monoisotopic (exact) mass is 262 g/mol. The van der Waals surface area contributed by atoms with Gasteiger partial charge in [0.25, 0.3) is 0 Å². The van der Waals surface area contributed by atoms with Gasteiger partial charge in [-0.3, -0.25) is 9.99 Å². The zero-order valence-corrected chi connectivity index (χ0v) is 11.2. The van der Waals surface area contributed by atoms with Crippen LogP contribution in [0.2, 0.25) is 0 Å². The normalized spacial score (nSPS) is 14.4. The van der Waals surface area contributed by atoms with E-state index in [-0.39, 0.29) is 0 Å². The van der Waals surface area contributed by atoms with Gasteiger partial charge in [0.05, 0.1) is 5.70 Å². The smallest absolute Gasteiger partial charge is 0.0767 e. The summed E-state index contributed by atoms with van der Waals surface area (Å²) in [7, 11) is 0. The first-order chi connectivity index (χ1) is 9.40. The van der Waals surface area contributed by atoms with E-state index in [0.717, 1.165) is 37.1 Å². The molecule has 0 aliphatic carbocycles. The maximum absolute atomic E-state index is 8.69. The topological polar surface area (TPSA) is 60.4 Å². The lowest BCUT2D eigenvalue weighted by atomic mass is 10.1. The zero-order valence-electron chi connectivity index (χ0n) is 11.2. The van der Waals surface area contributed by atoms with Crippen molar-refractivity contribution in [3.8, 4) is 0 Å². The first kappa shape index (κ1) is 13.8. The minimum absolute atomic E-state index is 0.314. The summed E-state index contributed by atoms with van der Waals surface area (Å²) >= 11 is 0. The van der Waals surface area contributed by atoms with E-state index in [9.17, 15) is 0 Å². The molecule has 1 aromatic rings. The molecule has 1 aliphatic heterocycles. The Bertz CT molecular complexity index is 394. The maximum atomic E-state index is 8.69. The third-order valence-corrected chi connectivity index (χ3v) is 3.15. The molecule has 0 atom stereocenters. The van der Waals surface area contributed by atoms with Crippen molar-refractivity contribution < 1.29 is 5.11 Å². The zero-order chi connectivity index (χ0) is 13.3. The average Bonchev–Trinajstić information content (AvgIpc) is 2.92. The van der Waals surface area contributed by atoms with Crippen molar-refractivity contribution in [3.05, 3.63) is 36.3 Å².